The van der Waals surface area contributed by atoms with E-state index in [1.807, 2.05) is 0 Å². The molecule has 0 aliphatic carbocycles. The van der Waals surface area contributed by atoms with Gasteiger partial charge in [0.1, 0.15) is 42.7 Å². The summed E-state index contributed by atoms with van der Waals surface area (Å²) in [5, 5.41) is 78.6. The van der Waals surface area contributed by atoms with Crippen LogP contribution in [0.5, 0.6) is 0 Å². The van der Waals surface area contributed by atoms with Crippen molar-refractivity contribution < 1.29 is 55.5 Å². The zero-order valence-electron chi connectivity index (χ0n) is 12.3. The van der Waals surface area contributed by atoms with Crippen molar-refractivity contribution >= 4 is 12.6 Å². The first-order valence-corrected chi connectivity index (χ1v) is 6.51. The van der Waals surface area contributed by atoms with Crippen LogP contribution in [0.25, 0.3) is 0 Å². The zero-order chi connectivity index (χ0) is 18.7. The number of rotatable bonds is 9. The van der Waals surface area contributed by atoms with E-state index in [0.717, 1.165) is 0 Å². The molecule has 0 aliphatic heterocycles. The topological polar surface area (TPSA) is 216 Å². The van der Waals surface area contributed by atoms with Gasteiger partial charge in [0, 0.05) is 0 Å². The number of aliphatic hydroxyl groups is 9. The first-order valence-electron chi connectivity index (χ1n) is 6.51. The molecule has 0 spiro atoms. The Labute approximate surface area is 131 Å². The van der Waals surface area contributed by atoms with Gasteiger partial charge < -0.3 is 55.5 Å². The third-order valence-electron chi connectivity index (χ3n) is 2.75. The second-order valence-corrected chi connectivity index (χ2v) is 4.71. The van der Waals surface area contributed by atoms with Crippen molar-refractivity contribution in [3.63, 3.8) is 0 Å². The maximum absolute atomic E-state index is 9.90. The molecule has 0 heterocycles. The molecule has 0 saturated carbocycles. The van der Waals surface area contributed by atoms with Crippen LogP contribution in [0, 0.1) is 0 Å². The molecule has 0 aromatic carbocycles. The summed E-state index contributed by atoms with van der Waals surface area (Å²) in [6, 6.07) is 0. The van der Waals surface area contributed by atoms with Gasteiger partial charge in [0.25, 0.3) is 0 Å². The van der Waals surface area contributed by atoms with E-state index >= 15 is 0 Å². The fourth-order valence-electron chi connectivity index (χ4n) is 1.19. The molecule has 0 unspecified atom stereocenters. The Kier molecular flexibility index (Phi) is 13.1. The lowest BCUT2D eigenvalue weighted by molar-refractivity contribution is -0.136. The minimum atomic E-state index is -1.79. The van der Waals surface area contributed by atoms with Gasteiger partial charge in [-0.3, -0.25) is 0 Å². The Morgan fingerprint density at radius 2 is 1.04 bits per heavy atom. The molecule has 8 atom stereocenters. The number of aliphatic hydroxyl groups excluding tert-OH is 9. The molecular formula is C12H24O11. The second-order valence-electron chi connectivity index (χ2n) is 4.71. The van der Waals surface area contributed by atoms with Crippen LogP contribution in [0.1, 0.15) is 6.92 Å². The third kappa shape index (κ3) is 9.00. The minimum absolute atomic E-state index is 0.0258. The van der Waals surface area contributed by atoms with Crippen molar-refractivity contribution in [2.24, 2.45) is 0 Å². The second kappa shape index (κ2) is 12.4. The molecule has 0 amide bonds. The highest BCUT2D eigenvalue weighted by Crippen LogP contribution is 2.03. The highest BCUT2D eigenvalue weighted by atomic mass is 16.4. The Balaban J connectivity index is 0. The van der Waals surface area contributed by atoms with Crippen LogP contribution in [0.3, 0.4) is 0 Å². The van der Waals surface area contributed by atoms with Gasteiger partial charge in [0.15, 0.2) is 12.6 Å². The first kappa shape index (κ1) is 24.2. The van der Waals surface area contributed by atoms with Crippen molar-refractivity contribution in [2.45, 2.75) is 55.8 Å². The van der Waals surface area contributed by atoms with Crippen LogP contribution in [-0.2, 0) is 9.59 Å². The largest absolute Gasteiger partial charge is 0.394 e. The van der Waals surface area contributed by atoms with Gasteiger partial charge in [0.05, 0.1) is 12.7 Å². The van der Waals surface area contributed by atoms with Crippen LogP contribution < -0.4 is 0 Å². The highest BCUT2D eigenvalue weighted by molar-refractivity contribution is 5.57. The molecule has 11 heteroatoms. The summed E-state index contributed by atoms with van der Waals surface area (Å²) in [6.45, 7) is 0.481. The standard InChI is InChI=1S/C6H12O6.C6H12O5/c7-1-3(9)5(11)6(12)4(10)2-8;1-3(8)5(10)6(11)4(9)2-7/h1,3-6,8-12H,2H2;2-6,8-11H,1H3/t3-,4+,5+,6+;3-,4+,5+,6-/m10/s1. The molecule has 0 rings (SSSR count). The zero-order valence-corrected chi connectivity index (χ0v) is 12.3. The molecule has 11 nitrogen and oxygen atoms in total. The van der Waals surface area contributed by atoms with E-state index in [0.29, 0.717) is 0 Å². The predicted molar refractivity (Wildman–Crippen MR) is 72.9 cm³/mol. The highest BCUT2D eigenvalue weighted by Gasteiger charge is 2.29. The van der Waals surface area contributed by atoms with Crippen molar-refractivity contribution in [3.05, 3.63) is 0 Å². The van der Waals surface area contributed by atoms with Crippen LogP contribution in [0.4, 0.5) is 0 Å². The molecule has 23 heavy (non-hydrogen) atoms. The fraction of sp³-hybridized carbons (Fsp3) is 0.833. The van der Waals surface area contributed by atoms with E-state index in [1.54, 1.807) is 0 Å². The van der Waals surface area contributed by atoms with E-state index in [2.05, 4.69) is 0 Å². The Morgan fingerprint density at radius 3 is 1.30 bits per heavy atom. The molecule has 0 fully saturated rings. The average Bonchev–Trinajstić information content (AvgIpc) is 2.56. The molecule has 0 aromatic heterocycles. The normalized spacial score (nSPS) is 21.5. The van der Waals surface area contributed by atoms with Crippen molar-refractivity contribution in [2.75, 3.05) is 6.61 Å². The molecule has 0 aliphatic rings. The molecule has 0 aromatic rings. The minimum Gasteiger partial charge on any atom is -0.394 e. The lowest BCUT2D eigenvalue weighted by Gasteiger charge is -2.22. The third-order valence-corrected chi connectivity index (χ3v) is 2.75. The number of hydrogen-bond donors (Lipinski definition) is 9. The molecule has 0 bridgehead atoms. The number of carbonyl (C=O) groups is 2. The Morgan fingerprint density at radius 1 is 0.696 bits per heavy atom. The fourth-order valence-corrected chi connectivity index (χ4v) is 1.19. The predicted octanol–water partition coefficient (Wildman–Crippen LogP) is -5.73. The van der Waals surface area contributed by atoms with Crippen LogP contribution >= 0.6 is 0 Å². The monoisotopic (exact) mass is 344 g/mol. The van der Waals surface area contributed by atoms with Crippen LogP contribution in [0.2, 0.25) is 0 Å². The quantitative estimate of drug-likeness (QED) is 0.179. The maximum atomic E-state index is 9.90. The molecule has 138 valence electrons. The number of aldehydes is 2. The van der Waals surface area contributed by atoms with Crippen molar-refractivity contribution in [1.82, 2.24) is 0 Å². The van der Waals surface area contributed by atoms with E-state index in [4.69, 9.17) is 46.0 Å². The van der Waals surface area contributed by atoms with Crippen LogP contribution in [-0.4, -0.2) is 114 Å². The summed E-state index contributed by atoms with van der Waals surface area (Å²) in [5.74, 6) is 0. The summed E-state index contributed by atoms with van der Waals surface area (Å²) >= 11 is 0. The maximum Gasteiger partial charge on any atom is 0.151 e. The summed E-state index contributed by atoms with van der Waals surface area (Å²) < 4.78 is 0. The summed E-state index contributed by atoms with van der Waals surface area (Å²) in [6.07, 6.45) is -12.7. The van der Waals surface area contributed by atoms with E-state index < -0.39 is 55.4 Å². The smallest absolute Gasteiger partial charge is 0.151 e. The van der Waals surface area contributed by atoms with E-state index in [9.17, 15) is 9.59 Å². The van der Waals surface area contributed by atoms with Crippen LogP contribution in [0.15, 0.2) is 0 Å². The molecule has 0 radical (unpaired) electrons. The van der Waals surface area contributed by atoms with E-state index in [1.165, 1.54) is 6.92 Å². The average molecular weight is 344 g/mol. The first-order chi connectivity index (χ1) is 10.5. The summed E-state index contributed by atoms with van der Waals surface area (Å²) in [4.78, 5) is 19.8. The van der Waals surface area contributed by atoms with Crippen molar-refractivity contribution in [1.29, 1.82) is 0 Å². The SMILES string of the molecule is C[C@H](O)[C@@H](O)[C@@H](O)[C@H](O)C=O.O=C[C@@H](O)[C@H](O)[C@@H](O)[C@@H](O)CO. The van der Waals surface area contributed by atoms with Gasteiger partial charge in [-0.05, 0) is 6.92 Å². The lowest BCUT2D eigenvalue weighted by atomic mass is 10.0. The number of carbonyl (C=O) groups excluding carboxylic acids is 2. The lowest BCUT2D eigenvalue weighted by Crippen LogP contribution is -2.46. The van der Waals surface area contributed by atoms with Gasteiger partial charge in [0.2, 0.25) is 0 Å². The number of hydrogen-bond acceptors (Lipinski definition) is 11. The molecule has 9 N–H and O–H groups in total. The van der Waals surface area contributed by atoms with Gasteiger partial charge in [-0.1, -0.05) is 0 Å². The summed E-state index contributed by atoms with van der Waals surface area (Å²) in [5.41, 5.74) is 0. The Bertz CT molecular complexity index is 324. The van der Waals surface area contributed by atoms with Gasteiger partial charge in [-0.25, -0.2) is 0 Å². The van der Waals surface area contributed by atoms with Gasteiger partial charge in [-0.2, -0.15) is 0 Å². The summed E-state index contributed by atoms with van der Waals surface area (Å²) in [7, 11) is 0. The van der Waals surface area contributed by atoms with Gasteiger partial charge in [-0.15, -0.1) is 0 Å². The molecular weight excluding hydrogens is 320 g/mol. The molecule has 0 saturated heterocycles. The van der Waals surface area contributed by atoms with Gasteiger partial charge >= 0.3 is 0 Å². The Hall–Kier alpha value is -1.02. The van der Waals surface area contributed by atoms with Crippen molar-refractivity contribution in [3.8, 4) is 0 Å². The van der Waals surface area contributed by atoms with E-state index in [-0.39, 0.29) is 12.6 Å².